The van der Waals surface area contributed by atoms with Crippen LogP contribution in [0.1, 0.15) is 18.4 Å². The summed E-state index contributed by atoms with van der Waals surface area (Å²) in [5, 5.41) is 10.4. The first kappa shape index (κ1) is 10.2. The molecular weight excluding hydrogens is 184 g/mol. The number of non-ortho nitro benzene ring substituents is 1. The van der Waals surface area contributed by atoms with Crippen LogP contribution in [0.15, 0.2) is 24.3 Å². The van der Waals surface area contributed by atoms with Gasteiger partial charge in [0.15, 0.2) is 0 Å². The van der Waals surface area contributed by atoms with Crippen molar-refractivity contribution >= 4 is 11.6 Å². The highest BCUT2D eigenvalue weighted by atomic mass is 16.6. The van der Waals surface area contributed by atoms with Gasteiger partial charge in [-0.2, -0.15) is 0 Å². The highest BCUT2D eigenvalue weighted by Crippen LogP contribution is 2.19. The standard InChI is InChI=1S/C9H10N2O3/c1-6(9(10)12)7-3-2-4-8(5-7)11(13)14/h2-6H,1H3,(H2,10,12). The Hall–Kier alpha value is -1.91. The third-order valence-electron chi connectivity index (χ3n) is 2.01. The Morgan fingerprint density at radius 1 is 1.57 bits per heavy atom. The molecule has 0 fully saturated rings. The highest BCUT2D eigenvalue weighted by molar-refractivity contribution is 5.81. The fourth-order valence-corrected chi connectivity index (χ4v) is 1.07. The molecule has 0 saturated carbocycles. The zero-order valence-corrected chi connectivity index (χ0v) is 7.64. The van der Waals surface area contributed by atoms with Crippen LogP contribution in [-0.4, -0.2) is 10.8 Å². The van der Waals surface area contributed by atoms with Crippen molar-refractivity contribution in [2.75, 3.05) is 0 Å². The number of benzene rings is 1. The minimum atomic E-state index is -0.505. The third kappa shape index (κ3) is 2.07. The lowest BCUT2D eigenvalue weighted by Crippen LogP contribution is -2.18. The molecule has 0 aliphatic carbocycles. The predicted molar refractivity (Wildman–Crippen MR) is 50.7 cm³/mol. The smallest absolute Gasteiger partial charge is 0.269 e. The maximum atomic E-state index is 10.8. The normalized spacial score (nSPS) is 12.1. The monoisotopic (exact) mass is 194 g/mol. The molecule has 0 heterocycles. The summed E-state index contributed by atoms with van der Waals surface area (Å²) in [6.07, 6.45) is 0. The van der Waals surface area contributed by atoms with E-state index in [9.17, 15) is 14.9 Å². The third-order valence-corrected chi connectivity index (χ3v) is 2.01. The maximum absolute atomic E-state index is 10.8. The fourth-order valence-electron chi connectivity index (χ4n) is 1.07. The number of nitro groups is 1. The molecule has 0 saturated heterocycles. The van der Waals surface area contributed by atoms with Crippen LogP contribution < -0.4 is 5.73 Å². The van der Waals surface area contributed by atoms with E-state index in [1.807, 2.05) is 0 Å². The Morgan fingerprint density at radius 2 is 2.21 bits per heavy atom. The summed E-state index contributed by atoms with van der Waals surface area (Å²) in [7, 11) is 0. The summed E-state index contributed by atoms with van der Waals surface area (Å²) < 4.78 is 0. The number of nitrogens with two attached hydrogens (primary N) is 1. The van der Waals surface area contributed by atoms with Crippen molar-refractivity contribution in [3.8, 4) is 0 Å². The molecule has 0 spiro atoms. The number of hydrogen-bond acceptors (Lipinski definition) is 3. The molecule has 1 rings (SSSR count). The topological polar surface area (TPSA) is 86.2 Å². The molecule has 5 heteroatoms. The van der Waals surface area contributed by atoms with E-state index >= 15 is 0 Å². The lowest BCUT2D eigenvalue weighted by molar-refractivity contribution is -0.384. The number of hydrogen-bond donors (Lipinski definition) is 1. The fraction of sp³-hybridized carbons (Fsp3) is 0.222. The minimum absolute atomic E-state index is 0.0319. The van der Waals surface area contributed by atoms with E-state index in [2.05, 4.69) is 0 Å². The summed E-state index contributed by atoms with van der Waals surface area (Å²) in [5.41, 5.74) is 5.62. The summed E-state index contributed by atoms with van der Waals surface area (Å²) in [6, 6.07) is 5.90. The predicted octanol–water partition coefficient (Wildman–Crippen LogP) is 1.18. The lowest BCUT2D eigenvalue weighted by atomic mass is 10.0. The highest BCUT2D eigenvalue weighted by Gasteiger charge is 2.14. The number of carbonyl (C=O) groups excluding carboxylic acids is 1. The molecule has 0 aliphatic heterocycles. The summed E-state index contributed by atoms with van der Waals surface area (Å²) >= 11 is 0. The molecule has 74 valence electrons. The maximum Gasteiger partial charge on any atom is 0.269 e. The Kier molecular flexibility index (Phi) is 2.81. The van der Waals surface area contributed by atoms with Crippen LogP contribution >= 0.6 is 0 Å². The Balaban J connectivity index is 3.05. The molecule has 1 atom stereocenters. The van der Waals surface area contributed by atoms with Gasteiger partial charge in [0.2, 0.25) is 5.91 Å². The Bertz CT molecular complexity index is 376. The average molecular weight is 194 g/mol. The van der Waals surface area contributed by atoms with Crippen molar-refractivity contribution in [3.05, 3.63) is 39.9 Å². The van der Waals surface area contributed by atoms with Gasteiger partial charge in [0.1, 0.15) is 0 Å². The number of nitro benzene ring substituents is 1. The second kappa shape index (κ2) is 3.87. The number of carbonyl (C=O) groups is 1. The van der Waals surface area contributed by atoms with E-state index < -0.39 is 16.7 Å². The van der Waals surface area contributed by atoms with Crippen molar-refractivity contribution < 1.29 is 9.72 Å². The number of rotatable bonds is 3. The van der Waals surface area contributed by atoms with Crippen molar-refractivity contribution in [2.24, 2.45) is 5.73 Å². The molecule has 0 bridgehead atoms. The molecule has 0 aliphatic rings. The van der Waals surface area contributed by atoms with Gasteiger partial charge in [-0.3, -0.25) is 14.9 Å². The van der Waals surface area contributed by atoms with Gasteiger partial charge in [0.25, 0.3) is 5.69 Å². The summed E-state index contributed by atoms with van der Waals surface area (Å²) in [5.74, 6) is -1.000. The van der Waals surface area contributed by atoms with Crippen molar-refractivity contribution in [1.29, 1.82) is 0 Å². The largest absolute Gasteiger partial charge is 0.369 e. The van der Waals surface area contributed by atoms with Gasteiger partial charge in [0.05, 0.1) is 10.8 Å². The van der Waals surface area contributed by atoms with E-state index in [0.717, 1.165) is 0 Å². The van der Waals surface area contributed by atoms with E-state index in [0.29, 0.717) is 5.56 Å². The Labute approximate surface area is 80.7 Å². The van der Waals surface area contributed by atoms with E-state index in [4.69, 9.17) is 5.73 Å². The van der Waals surface area contributed by atoms with E-state index in [-0.39, 0.29) is 5.69 Å². The Morgan fingerprint density at radius 3 is 2.71 bits per heavy atom. The minimum Gasteiger partial charge on any atom is -0.369 e. The molecule has 0 aromatic heterocycles. The molecule has 1 aromatic rings. The van der Waals surface area contributed by atoms with Gasteiger partial charge in [-0.05, 0) is 12.5 Å². The average Bonchev–Trinajstić information content (AvgIpc) is 2.16. The van der Waals surface area contributed by atoms with Crippen LogP contribution in [0.2, 0.25) is 0 Å². The first-order chi connectivity index (χ1) is 6.52. The molecule has 5 nitrogen and oxygen atoms in total. The molecule has 1 amide bonds. The van der Waals surface area contributed by atoms with Gasteiger partial charge in [-0.15, -0.1) is 0 Å². The van der Waals surface area contributed by atoms with Crippen LogP contribution in [0, 0.1) is 10.1 Å². The van der Waals surface area contributed by atoms with Crippen LogP contribution in [0.3, 0.4) is 0 Å². The van der Waals surface area contributed by atoms with Crippen LogP contribution in [0.5, 0.6) is 0 Å². The quantitative estimate of drug-likeness (QED) is 0.579. The first-order valence-electron chi connectivity index (χ1n) is 4.06. The zero-order valence-electron chi connectivity index (χ0n) is 7.64. The summed E-state index contributed by atoms with van der Waals surface area (Å²) in [4.78, 5) is 20.8. The second-order valence-corrected chi connectivity index (χ2v) is 2.98. The van der Waals surface area contributed by atoms with Gasteiger partial charge in [0, 0.05) is 12.1 Å². The molecule has 14 heavy (non-hydrogen) atoms. The van der Waals surface area contributed by atoms with Crippen molar-refractivity contribution in [1.82, 2.24) is 0 Å². The molecule has 0 radical (unpaired) electrons. The molecule has 2 N–H and O–H groups in total. The lowest BCUT2D eigenvalue weighted by Gasteiger charge is -2.06. The van der Waals surface area contributed by atoms with Gasteiger partial charge in [-0.1, -0.05) is 12.1 Å². The van der Waals surface area contributed by atoms with Crippen molar-refractivity contribution in [3.63, 3.8) is 0 Å². The number of primary amides is 1. The molecule has 1 unspecified atom stereocenters. The van der Waals surface area contributed by atoms with E-state index in [1.165, 1.54) is 18.2 Å². The number of amides is 1. The van der Waals surface area contributed by atoms with E-state index in [1.54, 1.807) is 13.0 Å². The van der Waals surface area contributed by atoms with Gasteiger partial charge >= 0.3 is 0 Å². The summed E-state index contributed by atoms with van der Waals surface area (Å²) in [6.45, 7) is 1.61. The van der Waals surface area contributed by atoms with Gasteiger partial charge in [-0.25, -0.2) is 0 Å². The second-order valence-electron chi connectivity index (χ2n) is 2.98. The number of nitrogens with zero attached hydrogens (tertiary/aromatic N) is 1. The van der Waals surface area contributed by atoms with Crippen LogP contribution in [-0.2, 0) is 4.79 Å². The molecule has 1 aromatic carbocycles. The van der Waals surface area contributed by atoms with Crippen LogP contribution in [0.25, 0.3) is 0 Å². The first-order valence-corrected chi connectivity index (χ1v) is 4.06. The van der Waals surface area contributed by atoms with Crippen LogP contribution in [0.4, 0.5) is 5.69 Å². The molecular formula is C9H10N2O3. The van der Waals surface area contributed by atoms with Gasteiger partial charge < -0.3 is 5.73 Å². The SMILES string of the molecule is CC(C(N)=O)c1cccc([N+](=O)[O-])c1. The van der Waals surface area contributed by atoms with Crippen molar-refractivity contribution in [2.45, 2.75) is 12.8 Å². The zero-order chi connectivity index (χ0) is 10.7.